The Labute approximate surface area is 149 Å². The molecule has 0 aliphatic carbocycles. The second-order valence-electron chi connectivity index (χ2n) is 6.95. The molecule has 126 valence electrons. The van der Waals surface area contributed by atoms with Crippen LogP contribution in [0.1, 0.15) is 5.56 Å². The summed E-state index contributed by atoms with van der Waals surface area (Å²) in [5, 5.41) is 3.07. The highest BCUT2D eigenvalue weighted by atomic mass is 32.1. The zero-order chi connectivity index (χ0) is 16.9. The average Bonchev–Trinajstić information content (AvgIpc) is 3.09. The fraction of sp³-hybridized carbons (Fsp3) is 0.250. The number of rotatable bonds is 2. The number of ether oxygens (including phenoxy) is 1. The lowest BCUT2D eigenvalue weighted by atomic mass is 9.74. The molecule has 3 nitrogen and oxygen atoms in total. The molecule has 1 aromatic heterocycles. The summed E-state index contributed by atoms with van der Waals surface area (Å²) in [5.74, 6) is 0.806. The van der Waals surface area contributed by atoms with Crippen molar-refractivity contribution in [1.82, 2.24) is 4.98 Å². The van der Waals surface area contributed by atoms with Gasteiger partial charge in [0.1, 0.15) is 11.6 Å². The van der Waals surface area contributed by atoms with Crippen LogP contribution in [0, 0.1) is 11.2 Å². The molecule has 1 saturated heterocycles. The van der Waals surface area contributed by atoms with Crippen LogP contribution in [0.2, 0.25) is 0 Å². The highest BCUT2D eigenvalue weighted by Crippen LogP contribution is 2.43. The van der Waals surface area contributed by atoms with Crippen molar-refractivity contribution in [2.24, 2.45) is 5.41 Å². The molecule has 0 bridgehead atoms. The first kappa shape index (κ1) is 14.9. The van der Waals surface area contributed by atoms with E-state index in [1.807, 2.05) is 11.4 Å². The van der Waals surface area contributed by atoms with E-state index < -0.39 is 0 Å². The van der Waals surface area contributed by atoms with Gasteiger partial charge in [-0.15, -0.1) is 11.3 Å². The van der Waals surface area contributed by atoms with E-state index in [-0.39, 0.29) is 11.2 Å². The van der Waals surface area contributed by atoms with Gasteiger partial charge in [-0.2, -0.15) is 0 Å². The van der Waals surface area contributed by atoms with E-state index in [0.717, 1.165) is 48.3 Å². The van der Waals surface area contributed by atoms with Crippen LogP contribution in [0.4, 0.5) is 9.52 Å². The minimum atomic E-state index is -0.221. The Kier molecular flexibility index (Phi) is 3.31. The molecule has 3 aromatic rings. The number of nitrogens with zero attached hydrogens (tertiary/aromatic N) is 2. The molecule has 2 aliphatic heterocycles. The zero-order valence-corrected chi connectivity index (χ0v) is 14.4. The fourth-order valence-corrected chi connectivity index (χ4v) is 4.58. The lowest BCUT2D eigenvalue weighted by Crippen LogP contribution is -2.61. The maximum atomic E-state index is 13.1. The van der Waals surface area contributed by atoms with Crippen LogP contribution >= 0.6 is 11.3 Å². The van der Waals surface area contributed by atoms with E-state index >= 15 is 0 Å². The molecule has 3 heterocycles. The Morgan fingerprint density at radius 2 is 1.88 bits per heavy atom. The third kappa shape index (κ3) is 2.59. The number of fused-ring (bicyclic) bond motifs is 1. The average molecular weight is 352 g/mol. The Hall–Kier alpha value is -2.40. The van der Waals surface area contributed by atoms with Gasteiger partial charge in [0, 0.05) is 29.4 Å². The smallest absolute Gasteiger partial charge is 0.185 e. The van der Waals surface area contributed by atoms with Crippen LogP contribution in [0.3, 0.4) is 0 Å². The monoisotopic (exact) mass is 352 g/mol. The predicted molar refractivity (Wildman–Crippen MR) is 97.8 cm³/mol. The largest absolute Gasteiger partial charge is 0.493 e. The van der Waals surface area contributed by atoms with Crippen LogP contribution in [-0.2, 0) is 6.42 Å². The minimum absolute atomic E-state index is 0.204. The number of hydrogen-bond acceptors (Lipinski definition) is 4. The molecular formula is C20H17FN2OS. The van der Waals surface area contributed by atoms with Crippen molar-refractivity contribution in [2.45, 2.75) is 6.42 Å². The van der Waals surface area contributed by atoms with Gasteiger partial charge in [-0.1, -0.05) is 18.2 Å². The van der Waals surface area contributed by atoms with Gasteiger partial charge in [0.05, 0.1) is 12.3 Å². The molecule has 0 saturated carbocycles. The molecule has 0 N–H and O–H groups in total. The van der Waals surface area contributed by atoms with Crippen LogP contribution in [0.25, 0.3) is 11.3 Å². The molecule has 5 rings (SSSR count). The number of anilines is 1. The Morgan fingerprint density at radius 3 is 2.72 bits per heavy atom. The van der Waals surface area contributed by atoms with E-state index in [1.54, 1.807) is 23.5 Å². The fourth-order valence-electron chi connectivity index (χ4n) is 3.74. The molecular weight excluding hydrogens is 335 g/mol. The first-order chi connectivity index (χ1) is 12.2. The number of hydrogen-bond donors (Lipinski definition) is 0. The van der Waals surface area contributed by atoms with Gasteiger partial charge < -0.3 is 9.64 Å². The molecule has 2 aliphatic rings. The predicted octanol–water partition coefficient (Wildman–Crippen LogP) is 4.39. The van der Waals surface area contributed by atoms with Crippen molar-refractivity contribution >= 4 is 16.5 Å². The Bertz CT molecular complexity index is 915. The molecule has 0 radical (unpaired) electrons. The van der Waals surface area contributed by atoms with E-state index in [4.69, 9.17) is 9.72 Å². The molecule has 0 unspecified atom stereocenters. The summed E-state index contributed by atoms with van der Waals surface area (Å²) in [6.45, 7) is 2.71. The van der Waals surface area contributed by atoms with Crippen molar-refractivity contribution < 1.29 is 9.13 Å². The van der Waals surface area contributed by atoms with Gasteiger partial charge in [0.15, 0.2) is 5.13 Å². The van der Waals surface area contributed by atoms with Crippen LogP contribution in [-0.4, -0.2) is 24.7 Å². The van der Waals surface area contributed by atoms with Gasteiger partial charge in [-0.05, 0) is 42.3 Å². The third-order valence-corrected chi connectivity index (χ3v) is 5.93. The van der Waals surface area contributed by atoms with Gasteiger partial charge >= 0.3 is 0 Å². The van der Waals surface area contributed by atoms with Gasteiger partial charge in [-0.3, -0.25) is 0 Å². The Morgan fingerprint density at radius 1 is 1.08 bits per heavy atom. The topological polar surface area (TPSA) is 25.4 Å². The molecule has 0 atom stereocenters. The number of thiazole rings is 1. The van der Waals surface area contributed by atoms with Crippen molar-refractivity contribution in [1.29, 1.82) is 0 Å². The SMILES string of the molecule is Fc1ccc(-c2csc(N3CC4(COc5ccccc5C4)C3)n2)cc1. The molecule has 0 amide bonds. The summed E-state index contributed by atoms with van der Waals surface area (Å²) in [6.07, 6.45) is 1.07. The lowest BCUT2D eigenvalue weighted by molar-refractivity contribution is 0.0880. The van der Waals surface area contributed by atoms with Crippen molar-refractivity contribution in [3.63, 3.8) is 0 Å². The summed E-state index contributed by atoms with van der Waals surface area (Å²) >= 11 is 1.65. The molecule has 5 heteroatoms. The number of para-hydroxylation sites is 1. The second-order valence-corrected chi connectivity index (χ2v) is 7.79. The van der Waals surface area contributed by atoms with Crippen LogP contribution < -0.4 is 9.64 Å². The number of aromatic nitrogens is 1. The van der Waals surface area contributed by atoms with Crippen molar-refractivity contribution in [3.8, 4) is 17.0 Å². The van der Waals surface area contributed by atoms with E-state index in [0.29, 0.717) is 0 Å². The molecule has 1 fully saturated rings. The molecule has 25 heavy (non-hydrogen) atoms. The number of halogens is 1. The first-order valence-corrected chi connectivity index (χ1v) is 9.26. The van der Waals surface area contributed by atoms with E-state index in [9.17, 15) is 4.39 Å². The first-order valence-electron chi connectivity index (χ1n) is 8.38. The summed E-state index contributed by atoms with van der Waals surface area (Å²) in [6, 6.07) is 14.8. The highest BCUT2D eigenvalue weighted by molar-refractivity contribution is 7.14. The summed E-state index contributed by atoms with van der Waals surface area (Å²) in [4.78, 5) is 7.05. The maximum absolute atomic E-state index is 13.1. The lowest BCUT2D eigenvalue weighted by Gasteiger charge is -2.51. The molecule has 1 spiro atoms. The van der Waals surface area contributed by atoms with Crippen molar-refractivity contribution in [3.05, 3.63) is 65.3 Å². The number of benzene rings is 2. The summed E-state index contributed by atoms with van der Waals surface area (Å²) < 4.78 is 19.0. The normalized spacial score (nSPS) is 17.7. The zero-order valence-electron chi connectivity index (χ0n) is 13.6. The van der Waals surface area contributed by atoms with E-state index in [2.05, 4.69) is 23.1 Å². The van der Waals surface area contributed by atoms with Gasteiger partial charge in [0.25, 0.3) is 0 Å². The second kappa shape index (κ2) is 5.56. The Balaban J connectivity index is 1.31. The summed E-state index contributed by atoms with van der Waals surface area (Å²) in [5.41, 5.74) is 3.37. The maximum Gasteiger partial charge on any atom is 0.185 e. The van der Waals surface area contributed by atoms with Gasteiger partial charge in [0.2, 0.25) is 0 Å². The van der Waals surface area contributed by atoms with E-state index in [1.165, 1.54) is 17.7 Å². The minimum Gasteiger partial charge on any atom is -0.493 e. The standard InChI is InChI=1S/C20H17FN2OS/c21-16-7-5-14(6-8-16)17-10-25-19(22-17)23-11-20(12-23)9-15-3-1-2-4-18(15)24-13-20/h1-8,10H,9,11-13H2. The quantitative estimate of drug-likeness (QED) is 0.684. The summed E-state index contributed by atoms with van der Waals surface area (Å²) in [7, 11) is 0. The van der Waals surface area contributed by atoms with Crippen molar-refractivity contribution in [2.75, 3.05) is 24.6 Å². The van der Waals surface area contributed by atoms with Crippen LogP contribution in [0.15, 0.2) is 53.9 Å². The third-order valence-electron chi connectivity index (χ3n) is 5.03. The van der Waals surface area contributed by atoms with Gasteiger partial charge in [-0.25, -0.2) is 9.37 Å². The van der Waals surface area contributed by atoms with Crippen LogP contribution in [0.5, 0.6) is 5.75 Å². The highest BCUT2D eigenvalue weighted by Gasteiger charge is 2.47. The molecule has 2 aromatic carbocycles.